The average molecular weight is 259 g/mol. The molecule has 96 valence electrons. The van der Waals surface area contributed by atoms with Crippen molar-refractivity contribution in [3.05, 3.63) is 18.3 Å². The Morgan fingerprint density at radius 3 is 2.88 bits per heavy atom. The molecule has 2 N–H and O–H groups in total. The molecular weight excluding hydrogens is 242 g/mol. The first-order chi connectivity index (χ1) is 8.11. The number of sulfonamides is 1. The number of aromatic nitrogens is 1. The van der Waals surface area contributed by atoms with E-state index in [0.29, 0.717) is 19.0 Å². The van der Waals surface area contributed by atoms with Gasteiger partial charge in [0.15, 0.2) is 0 Å². The number of hydrogen-bond acceptors (Lipinski definition) is 5. The van der Waals surface area contributed by atoms with Crippen molar-refractivity contribution < 1.29 is 13.2 Å². The molecule has 0 atom stereocenters. The second-order valence-corrected chi connectivity index (χ2v) is 5.01. The maximum Gasteiger partial charge on any atom is 0.244 e. The Balaban J connectivity index is 2.89. The van der Waals surface area contributed by atoms with Crippen LogP contribution in [-0.4, -0.2) is 40.2 Å². The first-order valence-corrected chi connectivity index (χ1v) is 6.77. The Kier molecular flexibility index (Phi) is 5.33. The molecule has 0 spiro atoms. The zero-order valence-electron chi connectivity index (χ0n) is 9.93. The van der Waals surface area contributed by atoms with E-state index in [2.05, 4.69) is 15.0 Å². The summed E-state index contributed by atoms with van der Waals surface area (Å²) in [7, 11) is -2.02. The van der Waals surface area contributed by atoms with E-state index in [1.807, 2.05) is 6.92 Å². The van der Waals surface area contributed by atoms with Gasteiger partial charge in [0, 0.05) is 26.4 Å². The van der Waals surface area contributed by atoms with Gasteiger partial charge in [-0.25, -0.2) is 18.1 Å². The summed E-state index contributed by atoms with van der Waals surface area (Å²) in [5.41, 5.74) is 0. The maximum absolute atomic E-state index is 12.0. The summed E-state index contributed by atoms with van der Waals surface area (Å²) in [5.74, 6) is 0.361. The minimum Gasteiger partial charge on any atom is -0.383 e. The van der Waals surface area contributed by atoms with E-state index in [-0.39, 0.29) is 11.4 Å². The van der Waals surface area contributed by atoms with Crippen LogP contribution in [0.4, 0.5) is 5.82 Å². The number of hydrogen-bond donors (Lipinski definition) is 2. The molecule has 0 unspecified atom stereocenters. The third-order valence-corrected chi connectivity index (χ3v) is 3.50. The summed E-state index contributed by atoms with van der Waals surface area (Å²) < 4.78 is 31.1. The van der Waals surface area contributed by atoms with Gasteiger partial charge in [-0.1, -0.05) is 0 Å². The Labute approximate surface area is 101 Å². The van der Waals surface area contributed by atoms with Crippen LogP contribution in [-0.2, 0) is 14.8 Å². The summed E-state index contributed by atoms with van der Waals surface area (Å²) in [6, 6.07) is 3.10. The molecule has 1 aromatic heterocycles. The van der Waals surface area contributed by atoms with Crippen LogP contribution in [0, 0.1) is 0 Å². The molecule has 7 heteroatoms. The zero-order chi connectivity index (χ0) is 12.7. The lowest BCUT2D eigenvalue weighted by molar-refractivity contribution is 0.204. The number of anilines is 1. The van der Waals surface area contributed by atoms with Crippen LogP contribution >= 0.6 is 0 Å². The Morgan fingerprint density at radius 1 is 1.47 bits per heavy atom. The van der Waals surface area contributed by atoms with Crippen LogP contribution in [0.1, 0.15) is 6.92 Å². The smallest absolute Gasteiger partial charge is 0.244 e. The Bertz CT molecular complexity index is 448. The first-order valence-electron chi connectivity index (χ1n) is 5.29. The van der Waals surface area contributed by atoms with Gasteiger partial charge in [-0.15, -0.1) is 0 Å². The molecule has 0 aromatic carbocycles. The van der Waals surface area contributed by atoms with Crippen LogP contribution in [0.5, 0.6) is 0 Å². The molecule has 1 rings (SSSR count). The van der Waals surface area contributed by atoms with Crippen molar-refractivity contribution in [2.45, 2.75) is 11.8 Å². The second-order valence-electron chi connectivity index (χ2n) is 3.27. The molecule has 17 heavy (non-hydrogen) atoms. The molecule has 0 aliphatic rings. The number of pyridine rings is 1. The molecule has 1 heterocycles. The monoisotopic (exact) mass is 259 g/mol. The zero-order valence-corrected chi connectivity index (χ0v) is 10.8. The van der Waals surface area contributed by atoms with Gasteiger partial charge in [0.1, 0.15) is 10.7 Å². The molecule has 0 bridgehead atoms. The van der Waals surface area contributed by atoms with Gasteiger partial charge in [0.2, 0.25) is 10.0 Å². The van der Waals surface area contributed by atoms with Crippen LogP contribution in [0.15, 0.2) is 23.2 Å². The number of nitrogens with zero attached hydrogens (tertiary/aromatic N) is 1. The molecule has 0 radical (unpaired) electrons. The van der Waals surface area contributed by atoms with Crippen molar-refractivity contribution in [2.75, 3.05) is 32.1 Å². The second kappa shape index (κ2) is 6.53. The Morgan fingerprint density at radius 2 is 2.24 bits per heavy atom. The summed E-state index contributed by atoms with van der Waals surface area (Å²) in [4.78, 5) is 4.15. The van der Waals surface area contributed by atoms with Gasteiger partial charge in [-0.3, -0.25) is 0 Å². The maximum atomic E-state index is 12.0. The van der Waals surface area contributed by atoms with Gasteiger partial charge in [0.05, 0.1) is 6.61 Å². The van der Waals surface area contributed by atoms with Gasteiger partial charge < -0.3 is 10.1 Å². The Hall–Kier alpha value is -1.18. The molecule has 0 aliphatic carbocycles. The van der Waals surface area contributed by atoms with Crippen LogP contribution in [0.2, 0.25) is 0 Å². The van der Waals surface area contributed by atoms with E-state index in [1.54, 1.807) is 12.3 Å². The number of nitrogens with one attached hydrogen (secondary N) is 2. The topological polar surface area (TPSA) is 80.3 Å². The highest BCUT2D eigenvalue weighted by molar-refractivity contribution is 7.89. The fourth-order valence-corrected chi connectivity index (χ4v) is 2.41. The van der Waals surface area contributed by atoms with E-state index in [9.17, 15) is 8.42 Å². The lowest BCUT2D eigenvalue weighted by atomic mass is 10.4. The number of ether oxygens (including phenoxy) is 1. The molecule has 6 nitrogen and oxygen atoms in total. The predicted molar refractivity (Wildman–Crippen MR) is 65.5 cm³/mol. The predicted octanol–water partition coefficient (Wildman–Crippen LogP) is 0.438. The highest BCUT2D eigenvalue weighted by Crippen LogP contribution is 2.17. The lowest BCUT2D eigenvalue weighted by Crippen LogP contribution is -2.28. The van der Waals surface area contributed by atoms with Gasteiger partial charge in [0.25, 0.3) is 0 Å². The SMILES string of the molecule is CCNc1ncccc1S(=O)(=O)NCCOC. The van der Waals surface area contributed by atoms with Crippen LogP contribution in [0.3, 0.4) is 0 Å². The van der Waals surface area contributed by atoms with Gasteiger partial charge >= 0.3 is 0 Å². The van der Waals surface area contributed by atoms with Crippen molar-refractivity contribution in [1.29, 1.82) is 0 Å². The first kappa shape index (κ1) is 13.9. The number of rotatable bonds is 7. The molecule has 0 saturated heterocycles. The minimum absolute atomic E-state index is 0.151. The van der Waals surface area contributed by atoms with E-state index in [4.69, 9.17) is 4.74 Å². The van der Waals surface area contributed by atoms with Gasteiger partial charge in [-0.05, 0) is 19.1 Å². The number of methoxy groups -OCH3 is 1. The van der Waals surface area contributed by atoms with E-state index in [1.165, 1.54) is 13.2 Å². The molecule has 1 aromatic rings. The van der Waals surface area contributed by atoms with Crippen LogP contribution in [0.25, 0.3) is 0 Å². The van der Waals surface area contributed by atoms with E-state index < -0.39 is 10.0 Å². The highest BCUT2D eigenvalue weighted by Gasteiger charge is 2.18. The van der Waals surface area contributed by atoms with Crippen LogP contribution < -0.4 is 10.0 Å². The summed E-state index contributed by atoms with van der Waals surface area (Å²) in [6.45, 7) is 3.05. The lowest BCUT2D eigenvalue weighted by Gasteiger charge is -2.10. The third-order valence-electron chi connectivity index (χ3n) is 2.00. The van der Waals surface area contributed by atoms with Crippen molar-refractivity contribution in [3.8, 4) is 0 Å². The minimum atomic E-state index is -3.54. The van der Waals surface area contributed by atoms with Crippen molar-refractivity contribution in [1.82, 2.24) is 9.71 Å². The standard InChI is InChI=1S/C10H17N3O3S/c1-3-11-10-9(5-4-6-12-10)17(14,15)13-7-8-16-2/h4-6,13H,3,7-8H2,1-2H3,(H,11,12). The highest BCUT2D eigenvalue weighted by atomic mass is 32.2. The summed E-state index contributed by atoms with van der Waals surface area (Å²) in [6.07, 6.45) is 1.55. The van der Waals surface area contributed by atoms with E-state index in [0.717, 1.165) is 0 Å². The largest absolute Gasteiger partial charge is 0.383 e. The molecular formula is C10H17N3O3S. The molecule has 0 fully saturated rings. The fourth-order valence-electron chi connectivity index (χ4n) is 1.26. The molecule has 0 amide bonds. The van der Waals surface area contributed by atoms with E-state index >= 15 is 0 Å². The normalized spacial score (nSPS) is 11.4. The molecule has 0 aliphatic heterocycles. The van der Waals surface area contributed by atoms with Crippen molar-refractivity contribution in [2.24, 2.45) is 0 Å². The summed E-state index contributed by atoms with van der Waals surface area (Å²) >= 11 is 0. The fraction of sp³-hybridized carbons (Fsp3) is 0.500. The van der Waals surface area contributed by atoms with Gasteiger partial charge in [-0.2, -0.15) is 0 Å². The average Bonchev–Trinajstić information content (AvgIpc) is 2.30. The van der Waals surface area contributed by atoms with Crippen molar-refractivity contribution in [3.63, 3.8) is 0 Å². The quantitative estimate of drug-likeness (QED) is 0.694. The third kappa shape index (κ3) is 3.95. The summed E-state index contributed by atoms with van der Waals surface area (Å²) in [5, 5.41) is 2.91. The van der Waals surface area contributed by atoms with Crippen molar-refractivity contribution >= 4 is 15.8 Å². The molecule has 0 saturated carbocycles.